The van der Waals surface area contributed by atoms with Gasteiger partial charge in [0, 0.05) is 30.6 Å². The van der Waals surface area contributed by atoms with Crippen LogP contribution in [0, 0.1) is 0 Å². The van der Waals surface area contributed by atoms with Crippen molar-refractivity contribution in [3.63, 3.8) is 0 Å². The predicted octanol–water partition coefficient (Wildman–Crippen LogP) is 5.86. The number of pyridine rings is 1. The number of carbonyl (C=O) groups excluding carboxylic acids is 1. The van der Waals surface area contributed by atoms with E-state index in [0.29, 0.717) is 6.42 Å². The van der Waals surface area contributed by atoms with Crippen LogP contribution in [-0.4, -0.2) is 36.6 Å². The van der Waals surface area contributed by atoms with Crippen molar-refractivity contribution in [2.45, 2.75) is 181 Å². The molecular formula is C38H70NNaO8S. The molecule has 1 N–H and O–H groups in total. The molecule has 0 aromatic carbocycles. The largest absolute Gasteiger partial charge is 1.00 e. The molecule has 49 heavy (non-hydrogen) atoms. The van der Waals surface area contributed by atoms with E-state index in [1.165, 1.54) is 141 Å². The number of hydrogen-bond acceptors (Lipinski definition) is 7. The van der Waals surface area contributed by atoms with Crippen LogP contribution < -0.4 is 39.2 Å². The number of aryl methyl sites for hydroxylation is 1. The Bertz CT molecular complexity index is 929. The minimum absolute atomic E-state index is 0. The van der Waals surface area contributed by atoms with Crippen LogP contribution in [-0.2, 0) is 30.7 Å². The molecular weight excluding hydrogens is 653 g/mol. The maximum absolute atomic E-state index is 10.1. The fourth-order valence-corrected chi connectivity index (χ4v) is 5.14. The second kappa shape index (κ2) is 44.7. The molecule has 0 unspecified atom stereocenters. The molecule has 0 aliphatic rings. The third-order valence-corrected chi connectivity index (χ3v) is 7.90. The first-order valence-electron chi connectivity index (χ1n) is 18.6. The maximum atomic E-state index is 10.1. The Morgan fingerprint density at radius 1 is 0.673 bits per heavy atom. The summed E-state index contributed by atoms with van der Waals surface area (Å²) in [6.45, 7) is 9.65. The van der Waals surface area contributed by atoms with Gasteiger partial charge in [0.2, 0.25) is 10.4 Å². The summed E-state index contributed by atoms with van der Waals surface area (Å²) in [5, 5.41) is 16.5. The Balaban J connectivity index is -0.000000331. The Hall–Kier alpha value is -1.30. The first-order chi connectivity index (χ1) is 23.0. The molecule has 0 fully saturated rings. The summed E-state index contributed by atoms with van der Waals surface area (Å²) in [5.41, 5.74) is 0. The Labute approximate surface area is 323 Å². The predicted molar refractivity (Wildman–Crippen MR) is 193 cm³/mol. The zero-order valence-corrected chi connectivity index (χ0v) is 34.5. The third kappa shape index (κ3) is 62.3. The van der Waals surface area contributed by atoms with Gasteiger partial charge < -0.3 is 19.6 Å². The van der Waals surface area contributed by atoms with Crippen molar-refractivity contribution in [1.29, 1.82) is 0 Å². The first-order valence-corrected chi connectivity index (χ1v) is 19.9. The van der Waals surface area contributed by atoms with Gasteiger partial charge in [-0.3, -0.25) is 4.18 Å². The monoisotopic (exact) mass is 723 g/mol. The van der Waals surface area contributed by atoms with E-state index in [0.717, 1.165) is 25.8 Å². The second-order valence-corrected chi connectivity index (χ2v) is 13.2. The summed E-state index contributed by atoms with van der Waals surface area (Å²) in [6, 6.07) is 6.31. The van der Waals surface area contributed by atoms with Crippen LogP contribution in [0.5, 0.6) is 0 Å². The van der Waals surface area contributed by atoms with E-state index in [4.69, 9.17) is 15.0 Å². The quantitative estimate of drug-likeness (QED) is 0.0283. The van der Waals surface area contributed by atoms with Crippen LogP contribution in [0.1, 0.15) is 175 Å². The summed E-state index contributed by atoms with van der Waals surface area (Å²) in [5.74, 6) is -2.06. The van der Waals surface area contributed by atoms with Gasteiger partial charge in [0.05, 0.1) is 6.61 Å². The standard InChI is InChI=1S/C21H38N.C12H26O4S.C3H4O2.C2H4O2.Na/c1-2-3-4-5-6-7-8-9-10-11-12-13-14-16-19-22-20-17-15-18-21-22;1-2-3-4-5-6-7-8-9-10-11-12-16-17(13,14)15;1-2-3(4)5;1-2(3)4;/h15,17-18,20-21H,2-14,16,19H2,1H3;2-12H2,1H3,(H,13,14,15);2H,1H2,(H,4,5);1H3,(H,3,4);/q+1;;;;+1/p-2. The smallest absolute Gasteiger partial charge is 0.726 e. The zero-order valence-electron chi connectivity index (χ0n) is 31.7. The molecule has 1 aromatic rings. The maximum Gasteiger partial charge on any atom is 1.00 e. The first kappa shape index (κ1) is 54.5. The van der Waals surface area contributed by atoms with E-state index < -0.39 is 22.3 Å². The van der Waals surface area contributed by atoms with Crippen molar-refractivity contribution in [2.75, 3.05) is 6.61 Å². The summed E-state index contributed by atoms with van der Waals surface area (Å²) < 4.78 is 36.8. The molecule has 0 saturated heterocycles. The minimum atomic E-state index is -4.48. The molecule has 0 aliphatic carbocycles. The van der Waals surface area contributed by atoms with E-state index in [1.54, 1.807) is 0 Å². The normalized spacial score (nSPS) is 10.2. The number of carboxylic acid groups (broad SMARTS) is 2. The number of aromatic nitrogens is 1. The third-order valence-electron chi connectivity index (χ3n) is 7.45. The molecule has 0 atom stereocenters. The summed E-state index contributed by atoms with van der Waals surface area (Å²) in [6.07, 6.45) is 37.0. The number of carbonyl (C=O) groups is 2. The summed E-state index contributed by atoms with van der Waals surface area (Å²) in [7, 11) is -4.48. The molecule has 1 rings (SSSR count). The van der Waals surface area contributed by atoms with Crippen molar-refractivity contribution in [3.05, 3.63) is 43.2 Å². The number of rotatable bonds is 28. The van der Waals surface area contributed by atoms with Crippen LogP contribution in [0.25, 0.3) is 0 Å². The van der Waals surface area contributed by atoms with Crippen molar-refractivity contribution >= 4 is 22.3 Å². The van der Waals surface area contributed by atoms with Crippen LogP contribution in [0.3, 0.4) is 0 Å². The average Bonchev–Trinajstić information content (AvgIpc) is 3.04. The van der Waals surface area contributed by atoms with Gasteiger partial charge in [-0.2, -0.15) is 0 Å². The number of aliphatic carboxylic acids is 2. The molecule has 11 heteroatoms. The van der Waals surface area contributed by atoms with Gasteiger partial charge in [0.15, 0.2) is 12.4 Å². The Morgan fingerprint density at radius 2 is 0.959 bits per heavy atom. The molecule has 0 spiro atoms. The van der Waals surface area contributed by atoms with Crippen LogP contribution in [0.4, 0.5) is 0 Å². The molecule has 0 radical (unpaired) electrons. The van der Waals surface area contributed by atoms with E-state index >= 15 is 0 Å². The van der Waals surface area contributed by atoms with E-state index in [9.17, 15) is 17.8 Å². The Kier molecular flexibility index (Phi) is 49.7. The molecule has 9 nitrogen and oxygen atoms in total. The van der Waals surface area contributed by atoms with Gasteiger partial charge in [-0.05, 0) is 19.8 Å². The minimum Gasteiger partial charge on any atom is -0.726 e. The molecule has 0 bridgehead atoms. The second-order valence-electron chi connectivity index (χ2n) is 12.2. The number of nitrogens with zero attached hydrogens (tertiary/aromatic N) is 1. The van der Waals surface area contributed by atoms with Crippen molar-refractivity contribution in [2.24, 2.45) is 0 Å². The van der Waals surface area contributed by atoms with Gasteiger partial charge in [-0.1, -0.05) is 161 Å². The fourth-order valence-electron chi connectivity index (χ4n) is 4.82. The summed E-state index contributed by atoms with van der Waals surface area (Å²) >= 11 is 0. The molecule has 0 aliphatic heterocycles. The van der Waals surface area contributed by atoms with Gasteiger partial charge >= 0.3 is 35.5 Å². The van der Waals surface area contributed by atoms with Crippen LogP contribution in [0.15, 0.2) is 43.2 Å². The molecule has 1 aromatic heterocycles. The van der Waals surface area contributed by atoms with E-state index in [2.05, 4.69) is 59.8 Å². The number of carboxylic acids is 2. The SMILES string of the molecule is C=CC(=O)O.CC(=O)[O-].CCCCCCCCCCCCCCCC[n+]1ccccc1.CCCCCCCCCCCCOS(=O)(=O)[O-].[Na+]. The number of hydrogen-bond donors (Lipinski definition) is 1. The molecule has 0 saturated carbocycles. The molecule has 282 valence electrons. The fraction of sp³-hybridized carbons (Fsp3) is 0.763. The van der Waals surface area contributed by atoms with Crippen molar-refractivity contribution < 1.29 is 71.1 Å². The number of unbranched alkanes of at least 4 members (excludes halogenated alkanes) is 22. The van der Waals surface area contributed by atoms with Crippen LogP contribution >= 0.6 is 0 Å². The van der Waals surface area contributed by atoms with Crippen LogP contribution in [0.2, 0.25) is 0 Å². The van der Waals surface area contributed by atoms with E-state index in [-0.39, 0.29) is 36.2 Å². The van der Waals surface area contributed by atoms with Gasteiger partial charge in [-0.25, -0.2) is 17.8 Å². The van der Waals surface area contributed by atoms with Gasteiger partial charge in [0.1, 0.15) is 6.54 Å². The van der Waals surface area contributed by atoms with Crippen molar-refractivity contribution in [1.82, 2.24) is 0 Å². The topological polar surface area (TPSA) is 148 Å². The summed E-state index contributed by atoms with van der Waals surface area (Å²) in [4.78, 5) is 18.1. The average molecular weight is 724 g/mol. The van der Waals surface area contributed by atoms with E-state index in [1.807, 2.05) is 0 Å². The molecule has 0 amide bonds. The van der Waals surface area contributed by atoms with Gasteiger partial charge in [0.25, 0.3) is 0 Å². The Morgan fingerprint density at radius 3 is 1.24 bits per heavy atom. The van der Waals surface area contributed by atoms with Gasteiger partial charge in [-0.15, -0.1) is 0 Å². The van der Waals surface area contributed by atoms with Crippen molar-refractivity contribution in [3.8, 4) is 0 Å². The zero-order chi connectivity index (χ0) is 36.6. The molecule has 1 heterocycles.